The topological polar surface area (TPSA) is 26.3 Å². The molecular weight excluding hydrogens is 321 g/mol. The summed E-state index contributed by atoms with van der Waals surface area (Å²) in [6, 6.07) is 2.05. The van der Waals surface area contributed by atoms with Gasteiger partial charge in [0.15, 0.2) is 17.3 Å². The number of hydrogen-bond donors (Lipinski definition) is 0. The minimum Gasteiger partial charge on any atom is -0.403 e. The molecule has 122 valence electrons. The molecule has 1 saturated carbocycles. The maximum absolute atomic E-state index is 13.4. The van der Waals surface area contributed by atoms with Crippen molar-refractivity contribution in [3.8, 4) is 5.75 Å². The third kappa shape index (κ3) is 3.69. The van der Waals surface area contributed by atoms with Gasteiger partial charge in [-0.1, -0.05) is 0 Å². The molecule has 9 heteroatoms. The standard InChI is InChI=1S/C13H9F7O2/c14-9-5-6(1-2-10(9)22-13(18,19)20)11(21)7-3-8(4-7)12(15,16)17/h1-2,5,7-8H,3-4H2/t7-,8-. The number of Topliss-reactive ketones (excluding diaryl/α,β-unsaturated/α-hetero) is 1. The van der Waals surface area contributed by atoms with Gasteiger partial charge in [0.2, 0.25) is 0 Å². The Bertz CT molecular complexity index is 571. The van der Waals surface area contributed by atoms with Crippen LogP contribution < -0.4 is 4.74 Å². The molecule has 0 aliphatic heterocycles. The number of rotatable bonds is 3. The van der Waals surface area contributed by atoms with E-state index < -0.39 is 54.6 Å². The minimum atomic E-state index is -5.08. The van der Waals surface area contributed by atoms with E-state index in [2.05, 4.69) is 4.74 Å². The van der Waals surface area contributed by atoms with Gasteiger partial charge >= 0.3 is 12.5 Å². The second kappa shape index (κ2) is 5.44. The van der Waals surface area contributed by atoms with Gasteiger partial charge in [-0.2, -0.15) is 13.2 Å². The number of hydrogen-bond acceptors (Lipinski definition) is 2. The van der Waals surface area contributed by atoms with Crippen molar-refractivity contribution in [1.29, 1.82) is 0 Å². The second-order valence-electron chi connectivity index (χ2n) is 4.96. The number of carbonyl (C=O) groups excluding carboxylic acids is 1. The lowest BCUT2D eigenvalue weighted by Gasteiger charge is -2.35. The van der Waals surface area contributed by atoms with E-state index in [1.54, 1.807) is 0 Å². The predicted octanol–water partition coefficient (Wildman–Crippen LogP) is 4.50. The van der Waals surface area contributed by atoms with Gasteiger partial charge in [-0.05, 0) is 31.0 Å². The van der Waals surface area contributed by atoms with E-state index in [1.165, 1.54) is 0 Å². The summed E-state index contributed by atoms with van der Waals surface area (Å²) in [5.41, 5.74) is -0.280. The van der Waals surface area contributed by atoms with Crippen molar-refractivity contribution in [3.05, 3.63) is 29.6 Å². The van der Waals surface area contributed by atoms with Crippen molar-refractivity contribution in [2.45, 2.75) is 25.4 Å². The number of carbonyl (C=O) groups is 1. The summed E-state index contributed by atoms with van der Waals surface area (Å²) in [5.74, 6) is -5.71. The highest BCUT2D eigenvalue weighted by Gasteiger charge is 2.50. The molecule has 1 aromatic carbocycles. The van der Waals surface area contributed by atoms with Gasteiger partial charge in [-0.15, -0.1) is 13.2 Å². The molecule has 2 rings (SSSR count). The molecule has 0 N–H and O–H groups in total. The zero-order valence-corrected chi connectivity index (χ0v) is 10.8. The number of halogens is 7. The Morgan fingerprint density at radius 1 is 1.09 bits per heavy atom. The quantitative estimate of drug-likeness (QED) is 0.603. The molecule has 1 aliphatic rings. The van der Waals surface area contributed by atoms with Gasteiger partial charge < -0.3 is 4.74 Å². The van der Waals surface area contributed by atoms with E-state index in [-0.39, 0.29) is 5.56 Å². The molecule has 0 amide bonds. The molecule has 0 atom stereocenters. The Balaban J connectivity index is 2.05. The highest BCUT2D eigenvalue weighted by atomic mass is 19.4. The minimum absolute atomic E-state index is 0.280. The predicted molar refractivity (Wildman–Crippen MR) is 59.7 cm³/mol. The molecule has 1 aromatic rings. The first-order valence-corrected chi connectivity index (χ1v) is 6.13. The van der Waals surface area contributed by atoms with Gasteiger partial charge in [0.05, 0.1) is 5.92 Å². The van der Waals surface area contributed by atoms with Crippen molar-refractivity contribution in [2.24, 2.45) is 11.8 Å². The van der Waals surface area contributed by atoms with Crippen LogP contribution in [0.25, 0.3) is 0 Å². The molecule has 2 nitrogen and oxygen atoms in total. The summed E-state index contributed by atoms with van der Waals surface area (Å²) >= 11 is 0. The van der Waals surface area contributed by atoms with Crippen LogP contribution in [-0.4, -0.2) is 18.3 Å². The van der Waals surface area contributed by atoms with Crippen LogP contribution >= 0.6 is 0 Å². The van der Waals surface area contributed by atoms with Crippen molar-refractivity contribution >= 4 is 5.78 Å². The summed E-state index contributed by atoms with van der Waals surface area (Å²) in [7, 11) is 0. The van der Waals surface area contributed by atoms with E-state index in [0.29, 0.717) is 12.1 Å². The monoisotopic (exact) mass is 330 g/mol. The van der Waals surface area contributed by atoms with E-state index in [9.17, 15) is 35.5 Å². The highest BCUT2D eigenvalue weighted by molar-refractivity contribution is 5.98. The Labute approximate surface area is 119 Å². The lowest BCUT2D eigenvalue weighted by atomic mass is 9.71. The third-order valence-electron chi connectivity index (χ3n) is 3.41. The summed E-state index contributed by atoms with van der Waals surface area (Å²) in [6.07, 6.45) is -10.3. The average Bonchev–Trinajstić information content (AvgIpc) is 2.26. The molecule has 0 spiro atoms. The summed E-state index contributed by atoms with van der Waals surface area (Å²) in [5, 5.41) is 0. The Hall–Kier alpha value is -1.80. The fourth-order valence-electron chi connectivity index (χ4n) is 2.20. The molecular formula is C13H9F7O2. The van der Waals surface area contributed by atoms with Gasteiger partial charge in [-0.25, -0.2) is 4.39 Å². The van der Waals surface area contributed by atoms with Crippen molar-refractivity contribution < 1.29 is 40.3 Å². The summed E-state index contributed by atoms with van der Waals surface area (Å²) in [4.78, 5) is 11.9. The van der Waals surface area contributed by atoms with Crippen LogP contribution in [0, 0.1) is 17.7 Å². The van der Waals surface area contributed by atoms with Crippen LogP contribution in [0.4, 0.5) is 30.7 Å². The Kier molecular flexibility index (Phi) is 4.09. The zero-order valence-electron chi connectivity index (χ0n) is 10.8. The Morgan fingerprint density at radius 2 is 1.68 bits per heavy atom. The van der Waals surface area contributed by atoms with Gasteiger partial charge in [0.1, 0.15) is 0 Å². The second-order valence-corrected chi connectivity index (χ2v) is 4.96. The average molecular weight is 330 g/mol. The largest absolute Gasteiger partial charge is 0.573 e. The first-order chi connectivity index (χ1) is 9.97. The zero-order chi connectivity index (χ0) is 16.7. The smallest absolute Gasteiger partial charge is 0.403 e. The molecule has 0 heterocycles. The van der Waals surface area contributed by atoms with Crippen molar-refractivity contribution in [1.82, 2.24) is 0 Å². The van der Waals surface area contributed by atoms with E-state index in [4.69, 9.17) is 0 Å². The lowest BCUT2D eigenvalue weighted by molar-refractivity contribution is -0.275. The third-order valence-corrected chi connectivity index (χ3v) is 3.41. The molecule has 0 aromatic heterocycles. The molecule has 0 saturated heterocycles. The Morgan fingerprint density at radius 3 is 2.14 bits per heavy atom. The van der Waals surface area contributed by atoms with Crippen LogP contribution in [0.5, 0.6) is 5.75 Å². The molecule has 0 radical (unpaired) electrons. The van der Waals surface area contributed by atoms with Crippen LogP contribution in [-0.2, 0) is 0 Å². The maximum atomic E-state index is 13.4. The van der Waals surface area contributed by atoms with Crippen LogP contribution in [0.2, 0.25) is 0 Å². The summed E-state index contributed by atoms with van der Waals surface area (Å²) < 4.78 is 89.7. The van der Waals surface area contributed by atoms with E-state index >= 15 is 0 Å². The molecule has 0 bridgehead atoms. The van der Waals surface area contributed by atoms with Gasteiger partial charge in [-0.3, -0.25) is 4.79 Å². The SMILES string of the molecule is O=C(c1ccc(OC(F)(F)F)c(F)c1)[C@H]1C[C@H](C(F)(F)F)C1. The number of ether oxygens (including phenoxy) is 1. The lowest BCUT2D eigenvalue weighted by Crippen LogP contribution is -2.39. The number of benzene rings is 1. The van der Waals surface area contributed by atoms with E-state index in [1.807, 2.05) is 0 Å². The molecule has 1 fully saturated rings. The summed E-state index contributed by atoms with van der Waals surface area (Å²) in [6.45, 7) is 0. The van der Waals surface area contributed by atoms with Crippen molar-refractivity contribution in [2.75, 3.05) is 0 Å². The van der Waals surface area contributed by atoms with Crippen LogP contribution in [0.3, 0.4) is 0 Å². The van der Waals surface area contributed by atoms with Crippen LogP contribution in [0.15, 0.2) is 18.2 Å². The fraction of sp³-hybridized carbons (Fsp3) is 0.462. The van der Waals surface area contributed by atoms with Gasteiger partial charge in [0.25, 0.3) is 0 Å². The fourth-order valence-corrected chi connectivity index (χ4v) is 2.20. The number of ketones is 1. The molecule has 22 heavy (non-hydrogen) atoms. The van der Waals surface area contributed by atoms with Gasteiger partial charge in [0, 0.05) is 11.5 Å². The first kappa shape index (κ1) is 16.6. The maximum Gasteiger partial charge on any atom is 0.573 e. The first-order valence-electron chi connectivity index (χ1n) is 6.13. The number of alkyl halides is 6. The molecule has 0 unspecified atom stereocenters. The normalized spacial score (nSPS) is 22.1. The molecule has 1 aliphatic carbocycles. The van der Waals surface area contributed by atoms with E-state index in [0.717, 1.165) is 6.07 Å². The van der Waals surface area contributed by atoms with Crippen molar-refractivity contribution in [3.63, 3.8) is 0 Å². The highest BCUT2D eigenvalue weighted by Crippen LogP contribution is 2.46. The van der Waals surface area contributed by atoms with Crippen LogP contribution in [0.1, 0.15) is 23.2 Å².